The highest BCUT2D eigenvalue weighted by atomic mass is 16.5. The van der Waals surface area contributed by atoms with Gasteiger partial charge in [-0.05, 0) is 33.9 Å². The van der Waals surface area contributed by atoms with Crippen LogP contribution in [0.15, 0.2) is 34.9 Å². The molecular weight excluding hydrogens is 356 g/mol. The number of aromatic nitrogens is 1. The predicted octanol–water partition coefficient (Wildman–Crippen LogP) is 2.18. The van der Waals surface area contributed by atoms with Gasteiger partial charge in [0, 0.05) is 37.8 Å². The van der Waals surface area contributed by atoms with Crippen molar-refractivity contribution in [3.63, 3.8) is 0 Å². The fraction of sp³-hybridized carbons (Fsp3) is 0.476. The van der Waals surface area contributed by atoms with Crippen LogP contribution >= 0.6 is 0 Å². The number of nitrogens with one attached hydrogen (secondary N) is 1. The number of benzene rings is 1. The zero-order valence-corrected chi connectivity index (χ0v) is 16.8. The molecule has 1 saturated heterocycles. The number of carbonyl (C=O) groups excluding carboxylic acids is 2. The van der Waals surface area contributed by atoms with E-state index in [-0.39, 0.29) is 23.4 Å². The largest absolute Gasteiger partial charge is 0.355 e. The third-order valence-electron chi connectivity index (χ3n) is 5.00. The molecule has 7 nitrogen and oxygen atoms in total. The summed E-state index contributed by atoms with van der Waals surface area (Å²) in [5.74, 6) is 0.217. The van der Waals surface area contributed by atoms with Gasteiger partial charge in [0.05, 0.1) is 5.92 Å². The monoisotopic (exact) mass is 384 g/mol. The Kier molecular flexibility index (Phi) is 6.46. The van der Waals surface area contributed by atoms with Crippen molar-refractivity contribution < 1.29 is 14.1 Å². The first-order valence-electron chi connectivity index (χ1n) is 9.69. The van der Waals surface area contributed by atoms with E-state index in [1.807, 2.05) is 50.2 Å². The lowest BCUT2D eigenvalue weighted by Crippen LogP contribution is -2.46. The molecule has 1 aromatic heterocycles. The molecule has 3 rings (SSSR count). The molecule has 1 atom stereocenters. The van der Waals surface area contributed by atoms with Gasteiger partial charge in [-0.25, -0.2) is 0 Å². The smallest absolute Gasteiger partial charge is 0.276 e. The lowest BCUT2D eigenvalue weighted by atomic mass is 9.97. The van der Waals surface area contributed by atoms with Crippen LogP contribution in [0.3, 0.4) is 0 Å². The molecule has 28 heavy (non-hydrogen) atoms. The molecule has 1 aromatic carbocycles. The molecule has 1 aliphatic heterocycles. The van der Waals surface area contributed by atoms with Crippen molar-refractivity contribution >= 4 is 11.8 Å². The second-order valence-electron chi connectivity index (χ2n) is 7.63. The van der Waals surface area contributed by atoms with Crippen LogP contribution in [0, 0.1) is 12.8 Å². The summed E-state index contributed by atoms with van der Waals surface area (Å²) in [6, 6.07) is 9.54. The molecule has 150 valence electrons. The average Bonchev–Trinajstić information content (AvgIpc) is 3.18. The Morgan fingerprint density at radius 2 is 2.04 bits per heavy atom. The highest BCUT2D eigenvalue weighted by molar-refractivity contribution is 5.93. The molecule has 1 aliphatic rings. The van der Waals surface area contributed by atoms with Gasteiger partial charge < -0.3 is 19.6 Å². The summed E-state index contributed by atoms with van der Waals surface area (Å²) >= 11 is 0. The second-order valence-corrected chi connectivity index (χ2v) is 7.63. The maximum absolute atomic E-state index is 12.8. The van der Waals surface area contributed by atoms with Crippen LogP contribution in [0.25, 0.3) is 11.3 Å². The van der Waals surface area contributed by atoms with Gasteiger partial charge >= 0.3 is 0 Å². The van der Waals surface area contributed by atoms with E-state index in [0.717, 1.165) is 30.5 Å². The normalized spacial score (nSPS) is 17.0. The van der Waals surface area contributed by atoms with E-state index >= 15 is 0 Å². The number of hydrogen-bond acceptors (Lipinski definition) is 5. The zero-order chi connectivity index (χ0) is 20.1. The maximum Gasteiger partial charge on any atom is 0.276 e. The standard InChI is InChI=1S/C21H28N4O3/c1-15-6-8-16(9-7-15)19-13-18(23-28-19)21(27)25-11-4-5-17(14-25)20(26)22-10-12-24(2)3/h6-9,13,17H,4-5,10-12,14H2,1-3H3,(H,22,26)/t17-/m1/s1. The van der Waals surface area contributed by atoms with E-state index < -0.39 is 0 Å². The lowest BCUT2D eigenvalue weighted by Gasteiger charge is -2.31. The molecule has 2 heterocycles. The molecule has 0 saturated carbocycles. The number of rotatable bonds is 6. The van der Waals surface area contributed by atoms with Crippen molar-refractivity contribution in [2.45, 2.75) is 19.8 Å². The van der Waals surface area contributed by atoms with E-state index in [0.29, 0.717) is 25.4 Å². The summed E-state index contributed by atoms with van der Waals surface area (Å²) in [5, 5.41) is 6.92. The Morgan fingerprint density at radius 3 is 2.75 bits per heavy atom. The lowest BCUT2D eigenvalue weighted by molar-refractivity contribution is -0.126. The van der Waals surface area contributed by atoms with Crippen LogP contribution in [0.2, 0.25) is 0 Å². The van der Waals surface area contributed by atoms with Crippen molar-refractivity contribution in [3.05, 3.63) is 41.6 Å². The van der Waals surface area contributed by atoms with Gasteiger partial charge in [0.25, 0.3) is 5.91 Å². The summed E-state index contributed by atoms with van der Waals surface area (Å²) in [5.41, 5.74) is 2.32. The number of carbonyl (C=O) groups is 2. The van der Waals surface area contributed by atoms with E-state index in [1.54, 1.807) is 11.0 Å². The van der Waals surface area contributed by atoms with Gasteiger partial charge in [0.1, 0.15) is 0 Å². The van der Waals surface area contributed by atoms with Gasteiger partial charge in [-0.1, -0.05) is 35.0 Å². The first-order chi connectivity index (χ1) is 13.4. The summed E-state index contributed by atoms with van der Waals surface area (Å²) < 4.78 is 5.37. The average molecular weight is 384 g/mol. The van der Waals surface area contributed by atoms with Crippen LogP contribution in [-0.2, 0) is 4.79 Å². The van der Waals surface area contributed by atoms with Crippen LogP contribution < -0.4 is 5.32 Å². The van der Waals surface area contributed by atoms with Crippen molar-refractivity contribution in [1.82, 2.24) is 20.3 Å². The molecule has 0 aliphatic carbocycles. The van der Waals surface area contributed by atoms with Gasteiger partial charge in [0.15, 0.2) is 11.5 Å². The Hall–Kier alpha value is -2.67. The number of piperidine rings is 1. The Balaban J connectivity index is 1.61. The first-order valence-corrected chi connectivity index (χ1v) is 9.69. The second kappa shape index (κ2) is 9.01. The fourth-order valence-electron chi connectivity index (χ4n) is 3.31. The Morgan fingerprint density at radius 1 is 1.29 bits per heavy atom. The third kappa shape index (κ3) is 4.98. The summed E-state index contributed by atoms with van der Waals surface area (Å²) in [7, 11) is 3.94. The number of likely N-dealkylation sites (N-methyl/N-ethyl adjacent to an activating group) is 1. The van der Waals surface area contributed by atoms with E-state index in [2.05, 4.69) is 10.5 Å². The highest BCUT2D eigenvalue weighted by Crippen LogP contribution is 2.23. The van der Waals surface area contributed by atoms with Crippen molar-refractivity contribution in [2.75, 3.05) is 40.3 Å². The Bertz CT molecular complexity index is 813. The van der Waals surface area contributed by atoms with Gasteiger partial charge in [-0.15, -0.1) is 0 Å². The molecule has 2 aromatic rings. The minimum Gasteiger partial charge on any atom is -0.355 e. The van der Waals surface area contributed by atoms with E-state index in [4.69, 9.17) is 4.52 Å². The molecule has 1 fully saturated rings. The molecule has 2 amide bonds. The van der Waals surface area contributed by atoms with Gasteiger partial charge in [-0.2, -0.15) is 0 Å². The first kappa shape index (κ1) is 20.1. The maximum atomic E-state index is 12.8. The minimum absolute atomic E-state index is 0.0137. The van der Waals surface area contributed by atoms with Crippen molar-refractivity contribution in [1.29, 1.82) is 0 Å². The van der Waals surface area contributed by atoms with E-state index in [9.17, 15) is 9.59 Å². The summed E-state index contributed by atoms with van der Waals surface area (Å²) in [6.45, 7) is 4.47. The molecule has 0 bridgehead atoms. The minimum atomic E-state index is -0.187. The fourth-order valence-corrected chi connectivity index (χ4v) is 3.31. The van der Waals surface area contributed by atoms with Crippen LogP contribution in [0.1, 0.15) is 28.9 Å². The molecule has 0 unspecified atom stereocenters. The molecule has 0 spiro atoms. The predicted molar refractivity (Wildman–Crippen MR) is 107 cm³/mol. The molecular formula is C21H28N4O3. The van der Waals surface area contributed by atoms with Crippen LogP contribution in [0.4, 0.5) is 0 Å². The van der Waals surface area contributed by atoms with Gasteiger partial charge in [-0.3, -0.25) is 9.59 Å². The number of amides is 2. The van der Waals surface area contributed by atoms with Crippen LogP contribution in [0.5, 0.6) is 0 Å². The number of hydrogen-bond donors (Lipinski definition) is 1. The Labute approximate surface area is 165 Å². The zero-order valence-electron chi connectivity index (χ0n) is 16.8. The summed E-state index contributed by atoms with van der Waals surface area (Å²) in [4.78, 5) is 29.0. The van der Waals surface area contributed by atoms with Crippen molar-refractivity contribution in [3.8, 4) is 11.3 Å². The number of likely N-dealkylation sites (tertiary alicyclic amines) is 1. The van der Waals surface area contributed by atoms with Gasteiger partial charge in [0.2, 0.25) is 5.91 Å². The number of nitrogens with zero attached hydrogens (tertiary/aromatic N) is 3. The summed E-state index contributed by atoms with van der Waals surface area (Å²) in [6.07, 6.45) is 1.60. The molecule has 7 heteroatoms. The van der Waals surface area contributed by atoms with Crippen molar-refractivity contribution in [2.24, 2.45) is 5.92 Å². The quantitative estimate of drug-likeness (QED) is 0.826. The molecule has 1 N–H and O–H groups in total. The third-order valence-corrected chi connectivity index (χ3v) is 5.00. The molecule has 0 radical (unpaired) electrons. The number of aryl methyl sites for hydroxylation is 1. The SMILES string of the molecule is Cc1ccc(-c2cc(C(=O)N3CCC[C@@H](C(=O)NCCN(C)C)C3)no2)cc1. The highest BCUT2D eigenvalue weighted by Gasteiger charge is 2.30. The topological polar surface area (TPSA) is 78.7 Å². The van der Waals surface area contributed by atoms with Crippen LogP contribution in [-0.4, -0.2) is 67.0 Å². The van der Waals surface area contributed by atoms with E-state index in [1.165, 1.54) is 0 Å².